The second-order valence-electron chi connectivity index (χ2n) is 8.53. The largest absolute Gasteiger partial charge is 0.471 e. The van der Waals surface area contributed by atoms with Gasteiger partial charge in [0.2, 0.25) is 0 Å². The lowest BCUT2D eigenvalue weighted by Gasteiger charge is -2.08. The molecule has 0 aliphatic rings. The third kappa shape index (κ3) is 22.5. The van der Waals surface area contributed by atoms with Gasteiger partial charge in [0.05, 0.1) is 6.61 Å². The number of carbonyl (C=O) groups is 1. The van der Waals surface area contributed by atoms with Gasteiger partial charge in [-0.25, -0.2) is 4.57 Å². The van der Waals surface area contributed by atoms with E-state index in [1.807, 2.05) is 0 Å². The molecule has 1 atom stereocenters. The highest BCUT2D eigenvalue weighted by Crippen LogP contribution is 2.41. The van der Waals surface area contributed by atoms with Gasteiger partial charge in [-0.2, -0.15) is 0 Å². The third-order valence-corrected chi connectivity index (χ3v) is 6.61. The monoisotopic (exact) mass is 448 g/mol. The molecule has 0 saturated heterocycles. The molecule has 0 aliphatic heterocycles. The van der Waals surface area contributed by atoms with Gasteiger partial charge in [-0.15, -0.1) is 0 Å². The van der Waals surface area contributed by atoms with Crippen molar-refractivity contribution in [2.24, 2.45) is 0 Å². The Kier molecular flexibility index (Phi) is 21.8. The molecule has 0 aromatic rings. The summed E-state index contributed by atoms with van der Waals surface area (Å²) in [5.74, 6) is 0.405. The number of carbonyl (C=O) groups excluding carboxylic acids is 1. The summed E-state index contributed by atoms with van der Waals surface area (Å²) in [4.78, 5) is 21.0. The Morgan fingerprint density at radius 3 is 1.43 bits per heavy atom. The fraction of sp³-hybridized carbons (Fsp3) is 0.958. The maximum absolute atomic E-state index is 11.9. The molecule has 0 radical (unpaired) electrons. The SMILES string of the molecule is CCCCCCCCCCCCCCCC(=O)CCCCCCCOP(=O)(O)OC. The molecule has 0 aromatic heterocycles. The molecule has 0 saturated carbocycles. The van der Waals surface area contributed by atoms with Gasteiger partial charge in [0.15, 0.2) is 0 Å². The predicted molar refractivity (Wildman–Crippen MR) is 126 cm³/mol. The van der Waals surface area contributed by atoms with Crippen molar-refractivity contribution in [2.45, 2.75) is 135 Å². The molecule has 6 heteroatoms. The quantitative estimate of drug-likeness (QED) is 0.119. The van der Waals surface area contributed by atoms with Crippen molar-refractivity contribution >= 4 is 13.6 Å². The molecule has 0 rings (SSSR count). The number of unbranched alkanes of at least 4 members (excludes halogenated alkanes) is 16. The van der Waals surface area contributed by atoms with E-state index in [0.717, 1.165) is 52.1 Å². The van der Waals surface area contributed by atoms with E-state index in [9.17, 15) is 9.36 Å². The van der Waals surface area contributed by atoms with E-state index in [-0.39, 0.29) is 6.61 Å². The van der Waals surface area contributed by atoms with Crippen molar-refractivity contribution in [3.05, 3.63) is 0 Å². The molecule has 180 valence electrons. The Morgan fingerprint density at radius 2 is 1.03 bits per heavy atom. The van der Waals surface area contributed by atoms with E-state index >= 15 is 0 Å². The van der Waals surface area contributed by atoms with Crippen LogP contribution in [0, 0.1) is 0 Å². The van der Waals surface area contributed by atoms with Gasteiger partial charge >= 0.3 is 7.82 Å². The van der Waals surface area contributed by atoms with Crippen LogP contribution in [0.4, 0.5) is 0 Å². The van der Waals surface area contributed by atoms with Crippen LogP contribution in [0.1, 0.15) is 135 Å². The van der Waals surface area contributed by atoms with Gasteiger partial charge in [-0.1, -0.05) is 103 Å². The summed E-state index contributed by atoms with van der Waals surface area (Å²) in [5.41, 5.74) is 0. The van der Waals surface area contributed by atoms with Gasteiger partial charge < -0.3 is 4.89 Å². The van der Waals surface area contributed by atoms with Gasteiger partial charge in [-0.05, 0) is 19.3 Å². The summed E-state index contributed by atoms with van der Waals surface area (Å²) >= 11 is 0. The zero-order valence-corrected chi connectivity index (χ0v) is 20.8. The number of phosphoric acid groups is 1. The molecule has 1 N–H and O–H groups in total. The van der Waals surface area contributed by atoms with Crippen LogP contribution in [-0.2, 0) is 18.4 Å². The number of hydrogen-bond acceptors (Lipinski definition) is 4. The summed E-state index contributed by atoms with van der Waals surface area (Å²) in [5, 5.41) is 0. The summed E-state index contributed by atoms with van der Waals surface area (Å²) in [6, 6.07) is 0. The zero-order valence-electron chi connectivity index (χ0n) is 19.9. The van der Waals surface area contributed by atoms with Crippen LogP contribution in [0.2, 0.25) is 0 Å². The van der Waals surface area contributed by atoms with Crippen LogP contribution in [0.5, 0.6) is 0 Å². The highest BCUT2D eigenvalue weighted by atomic mass is 31.2. The fourth-order valence-electron chi connectivity index (χ4n) is 3.65. The third-order valence-electron chi connectivity index (χ3n) is 5.64. The Balaban J connectivity index is 3.23. The molecule has 30 heavy (non-hydrogen) atoms. The average molecular weight is 449 g/mol. The molecule has 0 bridgehead atoms. The number of rotatable bonds is 24. The van der Waals surface area contributed by atoms with Crippen molar-refractivity contribution in [2.75, 3.05) is 13.7 Å². The number of phosphoric ester groups is 1. The van der Waals surface area contributed by atoms with E-state index in [1.165, 1.54) is 77.0 Å². The first-order chi connectivity index (χ1) is 14.5. The van der Waals surface area contributed by atoms with E-state index in [4.69, 9.17) is 9.42 Å². The zero-order chi connectivity index (χ0) is 22.3. The highest BCUT2D eigenvalue weighted by Gasteiger charge is 2.17. The Bertz CT molecular complexity index is 428. The first-order valence-corrected chi connectivity index (χ1v) is 14.1. The molecule has 1 unspecified atom stereocenters. The molecule has 0 heterocycles. The van der Waals surface area contributed by atoms with Crippen LogP contribution >= 0.6 is 7.82 Å². The van der Waals surface area contributed by atoms with Crippen LogP contribution in [0.15, 0.2) is 0 Å². The van der Waals surface area contributed by atoms with Crippen molar-refractivity contribution in [3.63, 3.8) is 0 Å². The van der Waals surface area contributed by atoms with Crippen molar-refractivity contribution in [1.29, 1.82) is 0 Å². The van der Waals surface area contributed by atoms with Crippen molar-refractivity contribution in [1.82, 2.24) is 0 Å². The average Bonchev–Trinajstić information content (AvgIpc) is 2.73. The lowest BCUT2D eigenvalue weighted by Crippen LogP contribution is -1.98. The predicted octanol–water partition coefficient (Wildman–Crippen LogP) is 8.14. The van der Waals surface area contributed by atoms with E-state index in [0.29, 0.717) is 12.2 Å². The molecule has 0 aliphatic carbocycles. The van der Waals surface area contributed by atoms with Gasteiger partial charge in [-0.3, -0.25) is 13.8 Å². The minimum atomic E-state index is -3.82. The molecule has 0 aromatic carbocycles. The van der Waals surface area contributed by atoms with Gasteiger partial charge in [0, 0.05) is 20.0 Å². The molecular formula is C24H49O5P. The lowest BCUT2D eigenvalue weighted by atomic mass is 10.0. The van der Waals surface area contributed by atoms with E-state index in [1.54, 1.807) is 0 Å². The van der Waals surface area contributed by atoms with Crippen LogP contribution in [0.3, 0.4) is 0 Å². The summed E-state index contributed by atoms with van der Waals surface area (Å²) < 4.78 is 20.2. The van der Waals surface area contributed by atoms with E-state index < -0.39 is 7.82 Å². The summed E-state index contributed by atoms with van der Waals surface area (Å²) in [7, 11) is -2.66. The maximum Gasteiger partial charge on any atom is 0.471 e. The highest BCUT2D eigenvalue weighted by molar-refractivity contribution is 7.47. The Morgan fingerprint density at radius 1 is 0.667 bits per heavy atom. The second-order valence-corrected chi connectivity index (χ2v) is 10.1. The minimum absolute atomic E-state index is 0.236. The first kappa shape index (κ1) is 29.8. The smallest absolute Gasteiger partial charge is 0.303 e. The number of ketones is 1. The minimum Gasteiger partial charge on any atom is -0.303 e. The normalized spacial score (nSPS) is 13.4. The molecule has 0 amide bonds. The summed E-state index contributed by atoms with van der Waals surface area (Å²) in [6.07, 6.45) is 23.5. The number of hydrogen-bond donors (Lipinski definition) is 1. The molecular weight excluding hydrogens is 399 g/mol. The topological polar surface area (TPSA) is 72.8 Å². The van der Waals surface area contributed by atoms with Crippen molar-refractivity contribution in [3.8, 4) is 0 Å². The number of Topliss-reactive ketones (excluding diaryl/α,β-unsaturated/α-hetero) is 1. The summed E-state index contributed by atoms with van der Waals surface area (Å²) in [6.45, 7) is 2.50. The second kappa shape index (κ2) is 22.0. The van der Waals surface area contributed by atoms with Gasteiger partial charge in [0.1, 0.15) is 5.78 Å². The molecule has 5 nitrogen and oxygen atoms in total. The van der Waals surface area contributed by atoms with E-state index in [2.05, 4.69) is 11.4 Å². The fourth-order valence-corrected chi connectivity index (χ4v) is 4.12. The van der Waals surface area contributed by atoms with Crippen LogP contribution in [0.25, 0.3) is 0 Å². The molecule has 0 spiro atoms. The first-order valence-electron chi connectivity index (χ1n) is 12.6. The Labute approximate surface area is 186 Å². The molecule has 0 fully saturated rings. The standard InChI is InChI=1S/C24H49O5P/c1-3-4-5-6-7-8-9-10-11-12-13-15-18-21-24(25)22-19-16-14-17-20-23-29-30(26,27)28-2/h3-23H2,1-2H3,(H,26,27). The van der Waals surface area contributed by atoms with Crippen molar-refractivity contribution < 1.29 is 23.3 Å². The van der Waals surface area contributed by atoms with Crippen LogP contribution in [-0.4, -0.2) is 24.4 Å². The Hall–Kier alpha value is -0.220. The maximum atomic E-state index is 11.9. The van der Waals surface area contributed by atoms with Gasteiger partial charge in [0.25, 0.3) is 0 Å². The van der Waals surface area contributed by atoms with Crippen LogP contribution < -0.4 is 0 Å². The lowest BCUT2D eigenvalue weighted by molar-refractivity contribution is -0.119.